The molecule has 2 heterocycles. The molecule has 1 saturated heterocycles. The average molecular weight is 465 g/mol. The van der Waals surface area contributed by atoms with Gasteiger partial charge in [0.15, 0.2) is 5.78 Å². The zero-order valence-electron chi connectivity index (χ0n) is 20.6. The normalized spacial score (nSPS) is 34.8. The molecule has 5 heteroatoms. The van der Waals surface area contributed by atoms with E-state index in [1.807, 2.05) is 18.3 Å². The Bertz CT molecular complexity index is 943. The van der Waals surface area contributed by atoms with Gasteiger partial charge in [-0.05, 0) is 67.6 Å². The van der Waals surface area contributed by atoms with E-state index in [0.29, 0.717) is 23.4 Å². The summed E-state index contributed by atoms with van der Waals surface area (Å²) in [6.45, 7) is 5.96. The highest BCUT2D eigenvalue weighted by Gasteiger charge is 2.42. The fourth-order valence-corrected chi connectivity index (χ4v) is 6.26. The fraction of sp³-hybridized carbons (Fsp3) is 0.586. The maximum atomic E-state index is 13.4. The summed E-state index contributed by atoms with van der Waals surface area (Å²) in [5, 5.41) is 11.4. The Hall–Kier alpha value is -2.40. The number of aliphatic carboxylic acids is 1. The number of carbonyl (C=O) groups is 2. The van der Waals surface area contributed by atoms with Crippen LogP contribution in [0.4, 0.5) is 0 Å². The van der Waals surface area contributed by atoms with E-state index in [2.05, 4.69) is 49.2 Å². The topological polar surface area (TPSA) is 82.2 Å². The molecule has 0 spiro atoms. The maximum Gasteiger partial charge on any atom is 0.183 e. The quantitative estimate of drug-likeness (QED) is 0.338. The lowest BCUT2D eigenvalue weighted by Gasteiger charge is -2.39. The van der Waals surface area contributed by atoms with E-state index in [0.717, 1.165) is 25.7 Å². The first-order valence-corrected chi connectivity index (χ1v) is 13.0. The smallest absolute Gasteiger partial charge is 0.183 e. The van der Waals surface area contributed by atoms with Crippen molar-refractivity contribution in [2.45, 2.75) is 71.5 Å². The predicted octanol–water partition coefficient (Wildman–Crippen LogP) is 4.88. The number of ether oxygens (including phenoxy) is 1. The average Bonchev–Trinajstić information content (AvgIpc) is 3.53. The van der Waals surface area contributed by atoms with Crippen molar-refractivity contribution >= 4 is 11.8 Å². The van der Waals surface area contributed by atoms with Gasteiger partial charge in [0.25, 0.3) is 0 Å². The third kappa shape index (κ3) is 5.14. The minimum atomic E-state index is -1.05. The number of aromatic amines is 1. The molecule has 2 aliphatic carbocycles. The number of H-pyrrole nitrogens is 1. The molecule has 1 aromatic rings. The van der Waals surface area contributed by atoms with Gasteiger partial charge >= 0.3 is 0 Å². The lowest BCUT2D eigenvalue weighted by molar-refractivity contribution is -0.315. The van der Waals surface area contributed by atoms with Gasteiger partial charge in [-0.3, -0.25) is 4.79 Å². The van der Waals surface area contributed by atoms with Crippen molar-refractivity contribution in [3.05, 3.63) is 60.0 Å². The van der Waals surface area contributed by atoms with Crippen LogP contribution in [0.2, 0.25) is 0 Å². The minimum Gasteiger partial charge on any atom is -0.550 e. The maximum absolute atomic E-state index is 13.4. The van der Waals surface area contributed by atoms with Gasteiger partial charge in [0.1, 0.15) is 0 Å². The van der Waals surface area contributed by atoms with Crippen molar-refractivity contribution in [2.75, 3.05) is 0 Å². The number of nitrogens with one attached hydrogen (secondary N) is 1. The number of allylic oxidation sites excluding steroid dienone is 5. The van der Waals surface area contributed by atoms with Crippen LogP contribution in [0.3, 0.4) is 0 Å². The van der Waals surface area contributed by atoms with Crippen molar-refractivity contribution in [3.63, 3.8) is 0 Å². The van der Waals surface area contributed by atoms with Gasteiger partial charge < -0.3 is 19.6 Å². The number of carboxylic acid groups (broad SMARTS) is 1. The van der Waals surface area contributed by atoms with Gasteiger partial charge in [-0.15, -0.1) is 0 Å². The molecule has 0 amide bonds. The second kappa shape index (κ2) is 10.9. The van der Waals surface area contributed by atoms with Gasteiger partial charge in [-0.25, -0.2) is 0 Å². The lowest BCUT2D eigenvalue weighted by atomic mass is 9.69. The third-order valence-electron chi connectivity index (χ3n) is 8.34. The number of hydrogen-bond donors (Lipinski definition) is 1. The molecular weight excluding hydrogens is 426 g/mol. The molecule has 3 aliphatic rings. The van der Waals surface area contributed by atoms with E-state index in [1.165, 1.54) is 18.4 Å². The summed E-state index contributed by atoms with van der Waals surface area (Å²) in [6.07, 6.45) is 18.3. The molecule has 1 saturated carbocycles. The summed E-state index contributed by atoms with van der Waals surface area (Å²) in [5.74, 6) is -0.176. The third-order valence-corrected chi connectivity index (χ3v) is 8.34. The summed E-state index contributed by atoms with van der Waals surface area (Å²) in [4.78, 5) is 27.9. The van der Waals surface area contributed by atoms with E-state index in [4.69, 9.17) is 4.74 Å². The van der Waals surface area contributed by atoms with Crippen LogP contribution < -0.4 is 5.11 Å². The largest absolute Gasteiger partial charge is 0.550 e. The first-order chi connectivity index (χ1) is 16.4. The van der Waals surface area contributed by atoms with Crippen LogP contribution in [-0.2, 0) is 9.53 Å². The molecular formula is C29H38NO4-. The van der Waals surface area contributed by atoms with Crippen LogP contribution in [-0.4, -0.2) is 28.9 Å². The number of carbonyl (C=O) groups excluding carboxylic acids is 2. The standard InChI is InChI=1S/C29H39NO4/c1-4-20(28-18(2)13-16-25(34-28)19(3)29(32)33)8-5-10-22-15-14-21-9-6-11-23(21)26(22)27(31)24-12-7-17-30-24/h5,7-8,10,12,14-15,17-19,21-23,25-26,28,30H,4,6,9,11,13,16H2,1-3H3,(H,32,33)/p-1/b10-5+,20-8-/t18-,19-,21-,22-,23-,25+,26+,28-/m0/s1. The molecule has 5 nitrogen and oxygen atoms in total. The lowest BCUT2D eigenvalue weighted by Crippen LogP contribution is -2.44. The summed E-state index contributed by atoms with van der Waals surface area (Å²) < 4.78 is 6.29. The molecule has 0 unspecified atom stereocenters. The van der Waals surface area contributed by atoms with Crippen LogP contribution in [0.15, 0.2) is 54.3 Å². The second-order valence-corrected chi connectivity index (χ2v) is 10.4. The number of Topliss-reactive ketones (excluding diaryl/α,β-unsaturated/α-hetero) is 1. The molecule has 8 atom stereocenters. The SMILES string of the molecule is CC/C(=C/C=C/[C@H]1C=C[C@@H]2CCC[C@@H]2[C@@H]1C(=O)c1ccc[nH]1)[C@H]1O[C@@H]([C@H](C)C(=O)[O-])CC[C@@H]1C. The molecule has 0 radical (unpaired) electrons. The van der Waals surface area contributed by atoms with E-state index < -0.39 is 11.9 Å². The van der Waals surface area contributed by atoms with Crippen molar-refractivity contribution in [3.8, 4) is 0 Å². The molecule has 1 aromatic heterocycles. The number of aromatic nitrogens is 1. The number of hydrogen-bond acceptors (Lipinski definition) is 4. The second-order valence-electron chi connectivity index (χ2n) is 10.4. The van der Waals surface area contributed by atoms with Gasteiger partial charge in [0.2, 0.25) is 0 Å². The van der Waals surface area contributed by atoms with Crippen molar-refractivity contribution in [1.29, 1.82) is 0 Å². The number of carboxylic acids is 1. The monoisotopic (exact) mass is 464 g/mol. The molecule has 1 N–H and O–H groups in total. The van der Waals surface area contributed by atoms with Crippen LogP contribution >= 0.6 is 0 Å². The first-order valence-electron chi connectivity index (χ1n) is 13.0. The Labute approximate surface area is 203 Å². The summed E-state index contributed by atoms with van der Waals surface area (Å²) in [7, 11) is 0. The number of ketones is 1. The van der Waals surface area contributed by atoms with E-state index in [9.17, 15) is 14.7 Å². The van der Waals surface area contributed by atoms with Crippen LogP contribution in [0.25, 0.3) is 0 Å². The Kier molecular flexibility index (Phi) is 7.92. The van der Waals surface area contributed by atoms with Gasteiger partial charge in [-0.2, -0.15) is 0 Å². The molecule has 184 valence electrons. The minimum absolute atomic E-state index is 0.0379. The Morgan fingerprint density at radius 1 is 1.24 bits per heavy atom. The Morgan fingerprint density at radius 2 is 2.06 bits per heavy atom. The van der Waals surface area contributed by atoms with Gasteiger partial charge in [0.05, 0.1) is 17.9 Å². The van der Waals surface area contributed by atoms with Crippen molar-refractivity contribution in [2.24, 2.45) is 35.5 Å². The first kappa shape index (κ1) is 24.7. The van der Waals surface area contributed by atoms with E-state index in [1.54, 1.807) is 6.92 Å². The molecule has 4 rings (SSSR count). The van der Waals surface area contributed by atoms with Gasteiger partial charge in [0, 0.05) is 29.9 Å². The number of fused-ring (bicyclic) bond motifs is 1. The fourth-order valence-electron chi connectivity index (χ4n) is 6.26. The Morgan fingerprint density at radius 3 is 2.76 bits per heavy atom. The number of rotatable bonds is 8. The summed E-state index contributed by atoms with van der Waals surface area (Å²) >= 11 is 0. The summed E-state index contributed by atoms with van der Waals surface area (Å²) in [5.41, 5.74) is 1.87. The predicted molar refractivity (Wildman–Crippen MR) is 131 cm³/mol. The Balaban J connectivity index is 1.53. The zero-order valence-corrected chi connectivity index (χ0v) is 20.6. The van der Waals surface area contributed by atoms with E-state index >= 15 is 0 Å². The highest BCUT2D eigenvalue weighted by atomic mass is 16.5. The highest BCUT2D eigenvalue weighted by Crippen LogP contribution is 2.46. The van der Waals surface area contributed by atoms with Gasteiger partial charge in [-0.1, -0.05) is 57.6 Å². The van der Waals surface area contributed by atoms with Crippen LogP contribution in [0.5, 0.6) is 0 Å². The van der Waals surface area contributed by atoms with Crippen LogP contribution in [0.1, 0.15) is 69.8 Å². The van der Waals surface area contributed by atoms with Crippen molar-refractivity contribution in [1.82, 2.24) is 4.98 Å². The summed E-state index contributed by atoms with van der Waals surface area (Å²) in [6, 6.07) is 3.77. The van der Waals surface area contributed by atoms with E-state index in [-0.39, 0.29) is 29.8 Å². The molecule has 0 bridgehead atoms. The van der Waals surface area contributed by atoms with Crippen LogP contribution in [0, 0.1) is 35.5 Å². The molecule has 34 heavy (non-hydrogen) atoms. The molecule has 0 aromatic carbocycles. The zero-order chi connectivity index (χ0) is 24.2. The molecule has 2 fully saturated rings. The highest BCUT2D eigenvalue weighted by molar-refractivity contribution is 5.97. The molecule has 1 aliphatic heterocycles. The van der Waals surface area contributed by atoms with Crippen molar-refractivity contribution < 1.29 is 19.4 Å².